The van der Waals surface area contributed by atoms with Crippen LogP contribution in [0.25, 0.3) is 0 Å². The van der Waals surface area contributed by atoms with Gasteiger partial charge >= 0.3 is 0 Å². The summed E-state index contributed by atoms with van der Waals surface area (Å²) < 4.78 is 13.4. The van der Waals surface area contributed by atoms with Crippen LogP contribution >= 0.6 is 15.9 Å². The van der Waals surface area contributed by atoms with Crippen molar-refractivity contribution in [1.29, 1.82) is 0 Å². The Balaban J connectivity index is 2.43. The number of rotatable bonds is 4. The number of nitrogens with one attached hydrogen (secondary N) is 1. The number of halogens is 2. The molecule has 0 aromatic heterocycles. The lowest BCUT2D eigenvalue weighted by atomic mass is 10.1. The molecule has 0 unspecified atom stereocenters. The number of carbonyl (C=O) groups excluding carboxylic acids is 1. The first-order valence-corrected chi connectivity index (χ1v) is 5.77. The Bertz CT molecular complexity index is 382. The van der Waals surface area contributed by atoms with Crippen molar-refractivity contribution in [2.75, 3.05) is 6.54 Å². The Labute approximate surface area is 102 Å². The van der Waals surface area contributed by atoms with Crippen molar-refractivity contribution in [3.8, 4) is 0 Å². The largest absolute Gasteiger partial charge is 0.354 e. The van der Waals surface area contributed by atoms with Crippen LogP contribution in [-0.4, -0.2) is 18.5 Å². The predicted molar refractivity (Wildman–Crippen MR) is 64.5 cm³/mol. The zero-order chi connectivity index (χ0) is 12.1. The molecule has 0 bridgehead atoms. The first-order chi connectivity index (χ1) is 7.50. The maximum Gasteiger partial charge on any atom is 0.236 e. The molecule has 1 atom stereocenters. The van der Waals surface area contributed by atoms with Gasteiger partial charge in [-0.2, -0.15) is 0 Å². The van der Waals surface area contributed by atoms with Crippen LogP contribution in [0.15, 0.2) is 22.7 Å². The summed E-state index contributed by atoms with van der Waals surface area (Å²) in [6, 6.07) is 4.29. The average Bonchev–Trinajstić information content (AvgIpc) is 2.23. The van der Waals surface area contributed by atoms with Crippen molar-refractivity contribution in [2.24, 2.45) is 5.73 Å². The molecule has 3 nitrogen and oxygen atoms in total. The minimum atomic E-state index is -0.500. The third kappa shape index (κ3) is 3.90. The normalized spacial score (nSPS) is 12.2. The molecular weight excluding hydrogens is 275 g/mol. The highest BCUT2D eigenvalue weighted by Crippen LogP contribution is 2.16. The molecule has 1 aromatic rings. The summed E-state index contributed by atoms with van der Waals surface area (Å²) in [7, 11) is 0. The van der Waals surface area contributed by atoms with Crippen LogP contribution in [-0.2, 0) is 11.2 Å². The maximum absolute atomic E-state index is 12.9. The van der Waals surface area contributed by atoms with Crippen molar-refractivity contribution in [2.45, 2.75) is 19.4 Å². The van der Waals surface area contributed by atoms with Crippen LogP contribution in [0.5, 0.6) is 0 Å². The van der Waals surface area contributed by atoms with Crippen molar-refractivity contribution in [3.05, 3.63) is 34.1 Å². The van der Waals surface area contributed by atoms with Crippen molar-refractivity contribution in [3.63, 3.8) is 0 Å². The number of amides is 1. The molecule has 0 aliphatic rings. The summed E-state index contributed by atoms with van der Waals surface area (Å²) in [6.45, 7) is 2.13. The number of hydrogen-bond donors (Lipinski definition) is 2. The van der Waals surface area contributed by atoms with Gasteiger partial charge in [0.1, 0.15) is 5.82 Å². The van der Waals surface area contributed by atoms with E-state index in [-0.39, 0.29) is 11.7 Å². The van der Waals surface area contributed by atoms with E-state index >= 15 is 0 Å². The third-order valence-electron chi connectivity index (χ3n) is 2.11. The minimum absolute atomic E-state index is 0.179. The highest BCUT2D eigenvalue weighted by atomic mass is 79.9. The lowest BCUT2D eigenvalue weighted by Gasteiger charge is -2.07. The van der Waals surface area contributed by atoms with E-state index in [4.69, 9.17) is 5.73 Å². The van der Waals surface area contributed by atoms with Crippen molar-refractivity contribution < 1.29 is 9.18 Å². The summed E-state index contributed by atoms with van der Waals surface area (Å²) in [5, 5.41) is 2.69. The first-order valence-electron chi connectivity index (χ1n) is 4.98. The van der Waals surface area contributed by atoms with E-state index < -0.39 is 6.04 Å². The zero-order valence-corrected chi connectivity index (χ0v) is 10.6. The van der Waals surface area contributed by atoms with Gasteiger partial charge in [-0.05, 0) is 47.0 Å². The fourth-order valence-electron chi connectivity index (χ4n) is 1.19. The molecule has 3 N–H and O–H groups in total. The van der Waals surface area contributed by atoms with Gasteiger partial charge in [0.25, 0.3) is 0 Å². The molecule has 1 amide bonds. The SMILES string of the molecule is C[C@@H](N)C(=O)NCCc1ccc(F)c(Br)c1. The van der Waals surface area contributed by atoms with Crippen LogP contribution in [0, 0.1) is 5.82 Å². The number of hydrogen-bond acceptors (Lipinski definition) is 2. The molecule has 0 saturated carbocycles. The Morgan fingerprint density at radius 1 is 1.62 bits per heavy atom. The monoisotopic (exact) mass is 288 g/mol. The van der Waals surface area contributed by atoms with Gasteiger partial charge in [-0.25, -0.2) is 4.39 Å². The summed E-state index contributed by atoms with van der Waals surface area (Å²) in [6.07, 6.45) is 0.650. The Morgan fingerprint density at radius 2 is 2.31 bits per heavy atom. The fraction of sp³-hybridized carbons (Fsp3) is 0.364. The van der Waals surface area contributed by atoms with E-state index in [1.54, 1.807) is 19.1 Å². The van der Waals surface area contributed by atoms with E-state index in [0.717, 1.165) is 5.56 Å². The highest BCUT2D eigenvalue weighted by Gasteiger charge is 2.06. The second-order valence-corrected chi connectivity index (χ2v) is 4.43. The van der Waals surface area contributed by atoms with Crippen LogP contribution in [0.3, 0.4) is 0 Å². The summed E-state index contributed by atoms with van der Waals surface area (Å²) in [5.74, 6) is -0.468. The molecule has 0 heterocycles. The Kier molecular flexibility index (Phi) is 4.89. The second-order valence-electron chi connectivity index (χ2n) is 3.58. The molecule has 16 heavy (non-hydrogen) atoms. The minimum Gasteiger partial charge on any atom is -0.354 e. The molecule has 0 aliphatic carbocycles. The Morgan fingerprint density at radius 3 is 2.88 bits per heavy atom. The van der Waals surface area contributed by atoms with Crippen LogP contribution in [0.4, 0.5) is 4.39 Å². The molecule has 5 heteroatoms. The lowest BCUT2D eigenvalue weighted by Crippen LogP contribution is -2.39. The summed E-state index contributed by atoms with van der Waals surface area (Å²) in [5.41, 5.74) is 6.35. The quantitative estimate of drug-likeness (QED) is 0.884. The van der Waals surface area contributed by atoms with Crippen molar-refractivity contribution in [1.82, 2.24) is 5.32 Å². The van der Waals surface area contributed by atoms with Gasteiger partial charge in [0.15, 0.2) is 0 Å². The molecule has 0 aliphatic heterocycles. The molecular formula is C11H14BrFN2O. The van der Waals surface area contributed by atoms with Crippen LogP contribution in [0.2, 0.25) is 0 Å². The third-order valence-corrected chi connectivity index (χ3v) is 2.72. The smallest absolute Gasteiger partial charge is 0.236 e. The van der Waals surface area contributed by atoms with Gasteiger partial charge in [0.2, 0.25) is 5.91 Å². The maximum atomic E-state index is 12.9. The Hall–Kier alpha value is -0.940. The van der Waals surface area contributed by atoms with Crippen LogP contribution in [0.1, 0.15) is 12.5 Å². The van der Waals surface area contributed by atoms with Gasteiger partial charge in [0.05, 0.1) is 10.5 Å². The zero-order valence-electron chi connectivity index (χ0n) is 8.97. The van der Waals surface area contributed by atoms with Crippen LogP contribution < -0.4 is 11.1 Å². The van der Waals surface area contributed by atoms with Gasteiger partial charge in [-0.3, -0.25) is 4.79 Å². The van der Waals surface area contributed by atoms with Crippen molar-refractivity contribution >= 4 is 21.8 Å². The van der Waals surface area contributed by atoms with E-state index in [1.807, 2.05) is 0 Å². The molecule has 1 rings (SSSR count). The predicted octanol–water partition coefficient (Wildman–Crippen LogP) is 1.59. The van der Waals surface area contributed by atoms with E-state index in [1.165, 1.54) is 6.07 Å². The molecule has 0 radical (unpaired) electrons. The van der Waals surface area contributed by atoms with Gasteiger partial charge in [-0.15, -0.1) is 0 Å². The van der Waals surface area contributed by atoms with Gasteiger partial charge in [-0.1, -0.05) is 6.07 Å². The molecule has 88 valence electrons. The number of carbonyl (C=O) groups is 1. The van der Waals surface area contributed by atoms with E-state index in [9.17, 15) is 9.18 Å². The summed E-state index contributed by atoms with van der Waals surface area (Å²) >= 11 is 3.11. The molecule has 0 spiro atoms. The van der Waals surface area contributed by atoms with Gasteiger partial charge in [0, 0.05) is 6.54 Å². The standard InChI is InChI=1S/C11H14BrFN2O/c1-7(14)11(16)15-5-4-8-2-3-10(13)9(12)6-8/h2-3,6-7H,4-5,14H2,1H3,(H,15,16)/t7-/m1/s1. The second kappa shape index (κ2) is 5.96. The fourth-order valence-corrected chi connectivity index (χ4v) is 1.61. The topological polar surface area (TPSA) is 55.1 Å². The lowest BCUT2D eigenvalue weighted by molar-refractivity contribution is -0.121. The van der Waals surface area contributed by atoms with E-state index in [0.29, 0.717) is 17.4 Å². The molecule has 1 aromatic carbocycles. The highest BCUT2D eigenvalue weighted by molar-refractivity contribution is 9.10. The number of benzene rings is 1. The van der Waals surface area contributed by atoms with E-state index in [2.05, 4.69) is 21.2 Å². The molecule has 0 fully saturated rings. The van der Waals surface area contributed by atoms with Gasteiger partial charge < -0.3 is 11.1 Å². The first kappa shape index (κ1) is 13.1. The molecule has 0 saturated heterocycles. The average molecular weight is 289 g/mol. The summed E-state index contributed by atoms with van der Waals surface area (Å²) in [4.78, 5) is 11.1. The number of nitrogens with two attached hydrogens (primary N) is 1.